The third kappa shape index (κ3) is 4.29. The maximum Gasteiger partial charge on any atom is 0.179 e. The first-order valence-corrected chi connectivity index (χ1v) is 6.18. The van der Waals surface area contributed by atoms with E-state index in [1.165, 1.54) is 0 Å². The van der Waals surface area contributed by atoms with Gasteiger partial charge in [0.05, 0.1) is 6.04 Å². The van der Waals surface area contributed by atoms with Crippen molar-refractivity contribution >= 4 is 5.78 Å². The number of aliphatic hydroxyl groups excluding tert-OH is 1. The molecule has 0 heterocycles. The van der Waals surface area contributed by atoms with Crippen LogP contribution in [0.2, 0.25) is 0 Å². The normalized spacial score (nSPS) is 12.4. The molecular formula is C14H21NO2. The predicted octanol–water partition coefficient (Wildman–Crippen LogP) is 1.92. The Balaban J connectivity index is 2.63. The van der Waals surface area contributed by atoms with Crippen LogP contribution in [0.4, 0.5) is 0 Å². The molecule has 0 spiro atoms. The van der Waals surface area contributed by atoms with Gasteiger partial charge in [-0.3, -0.25) is 4.79 Å². The van der Waals surface area contributed by atoms with Crippen molar-refractivity contribution in [2.75, 3.05) is 6.61 Å². The summed E-state index contributed by atoms with van der Waals surface area (Å²) >= 11 is 0. The van der Waals surface area contributed by atoms with Gasteiger partial charge < -0.3 is 10.8 Å². The molecular weight excluding hydrogens is 214 g/mol. The molecule has 3 N–H and O–H groups in total. The van der Waals surface area contributed by atoms with Gasteiger partial charge in [-0.05, 0) is 24.8 Å². The Hall–Kier alpha value is -1.19. The summed E-state index contributed by atoms with van der Waals surface area (Å²) in [5.41, 5.74) is 7.61. The van der Waals surface area contributed by atoms with Gasteiger partial charge in [0.15, 0.2) is 5.78 Å². The summed E-state index contributed by atoms with van der Waals surface area (Å²) in [6, 6.07) is 7.13. The molecule has 0 saturated heterocycles. The zero-order valence-electron chi connectivity index (χ0n) is 10.4. The molecule has 0 amide bonds. The molecule has 1 atom stereocenters. The average Bonchev–Trinajstić information content (AvgIpc) is 2.36. The average molecular weight is 235 g/mol. The van der Waals surface area contributed by atoms with Gasteiger partial charge in [-0.1, -0.05) is 37.6 Å². The number of benzene rings is 1. The maximum atomic E-state index is 11.9. The molecule has 0 bridgehead atoms. The molecule has 3 nitrogen and oxygen atoms in total. The maximum absolute atomic E-state index is 11.9. The Morgan fingerprint density at radius 1 is 1.35 bits per heavy atom. The zero-order valence-corrected chi connectivity index (χ0v) is 10.4. The number of hydrogen-bond acceptors (Lipinski definition) is 3. The minimum Gasteiger partial charge on any atom is -0.396 e. The van der Waals surface area contributed by atoms with Gasteiger partial charge in [-0.25, -0.2) is 0 Å². The third-order valence-corrected chi connectivity index (χ3v) is 2.80. The van der Waals surface area contributed by atoms with E-state index < -0.39 is 0 Å². The summed E-state index contributed by atoms with van der Waals surface area (Å²) in [7, 11) is 0. The van der Waals surface area contributed by atoms with Gasteiger partial charge in [0, 0.05) is 12.2 Å². The van der Waals surface area contributed by atoms with Gasteiger partial charge in [0.25, 0.3) is 0 Å². The second kappa shape index (κ2) is 7.20. The zero-order chi connectivity index (χ0) is 12.7. The lowest BCUT2D eigenvalue weighted by Crippen LogP contribution is -2.30. The molecule has 1 aromatic carbocycles. The Bertz CT molecular complexity index is 346. The standard InChI is InChI=1S/C14H21NO2/c1-2-4-13(15)14(17)12-8-6-11(7-9-12)5-3-10-16/h6-9,13,16H,2-5,10,15H2,1H3. The number of Topliss-reactive ketones (excluding diaryl/α,β-unsaturated/α-hetero) is 1. The highest BCUT2D eigenvalue weighted by atomic mass is 16.2. The summed E-state index contributed by atoms with van der Waals surface area (Å²) < 4.78 is 0. The van der Waals surface area contributed by atoms with E-state index in [4.69, 9.17) is 10.8 Å². The van der Waals surface area contributed by atoms with Crippen LogP contribution in [0.15, 0.2) is 24.3 Å². The van der Waals surface area contributed by atoms with Crippen molar-refractivity contribution in [1.82, 2.24) is 0 Å². The van der Waals surface area contributed by atoms with E-state index in [1.807, 2.05) is 31.2 Å². The van der Waals surface area contributed by atoms with Gasteiger partial charge in [0.2, 0.25) is 0 Å². The Morgan fingerprint density at radius 2 is 2.00 bits per heavy atom. The number of aliphatic hydroxyl groups is 1. The molecule has 1 aromatic rings. The van der Waals surface area contributed by atoms with E-state index in [0.717, 1.165) is 31.2 Å². The summed E-state index contributed by atoms with van der Waals surface area (Å²) in [6.45, 7) is 2.22. The Morgan fingerprint density at radius 3 is 2.53 bits per heavy atom. The monoisotopic (exact) mass is 235 g/mol. The van der Waals surface area contributed by atoms with Gasteiger partial charge in [-0.2, -0.15) is 0 Å². The van der Waals surface area contributed by atoms with Gasteiger partial charge in [0.1, 0.15) is 0 Å². The summed E-state index contributed by atoms with van der Waals surface area (Å²) in [5.74, 6) is 0.0144. The first-order chi connectivity index (χ1) is 8.19. The van der Waals surface area contributed by atoms with Crippen molar-refractivity contribution in [2.24, 2.45) is 5.73 Å². The van der Waals surface area contributed by atoms with Gasteiger partial charge >= 0.3 is 0 Å². The number of hydrogen-bond donors (Lipinski definition) is 2. The van der Waals surface area contributed by atoms with Crippen LogP contribution in [0.1, 0.15) is 42.1 Å². The van der Waals surface area contributed by atoms with Crippen LogP contribution in [0, 0.1) is 0 Å². The highest BCUT2D eigenvalue weighted by molar-refractivity contribution is 5.99. The van der Waals surface area contributed by atoms with Crippen LogP contribution < -0.4 is 5.73 Å². The largest absolute Gasteiger partial charge is 0.396 e. The van der Waals surface area contributed by atoms with E-state index in [9.17, 15) is 4.79 Å². The minimum atomic E-state index is -0.386. The van der Waals surface area contributed by atoms with Crippen molar-refractivity contribution < 1.29 is 9.90 Å². The van der Waals surface area contributed by atoms with Crippen LogP contribution in [-0.2, 0) is 6.42 Å². The van der Waals surface area contributed by atoms with Crippen molar-refractivity contribution in [3.8, 4) is 0 Å². The molecule has 0 aliphatic carbocycles. The molecule has 0 radical (unpaired) electrons. The quantitative estimate of drug-likeness (QED) is 0.710. The van der Waals surface area contributed by atoms with Crippen LogP contribution >= 0.6 is 0 Å². The fourth-order valence-electron chi connectivity index (χ4n) is 1.78. The van der Waals surface area contributed by atoms with E-state index in [1.54, 1.807) is 0 Å². The van der Waals surface area contributed by atoms with Crippen molar-refractivity contribution in [3.63, 3.8) is 0 Å². The second-order valence-corrected chi connectivity index (χ2v) is 4.28. The van der Waals surface area contributed by atoms with Crippen LogP contribution in [0.3, 0.4) is 0 Å². The number of carbonyl (C=O) groups is 1. The lowest BCUT2D eigenvalue weighted by molar-refractivity contribution is 0.0957. The SMILES string of the molecule is CCCC(N)C(=O)c1ccc(CCCO)cc1. The molecule has 0 saturated carbocycles. The molecule has 17 heavy (non-hydrogen) atoms. The molecule has 0 fully saturated rings. The van der Waals surface area contributed by atoms with Crippen LogP contribution in [-0.4, -0.2) is 23.5 Å². The molecule has 0 aliphatic heterocycles. The van der Waals surface area contributed by atoms with Crippen molar-refractivity contribution in [2.45, 2.75) is 38.6 Å². The van der Waals surface area contributed by atoms with Crippen molar-refractivity contribution in [3.05, 3.63) is 35.4 Å². The first kappa shape index (κ1) is 13.9. The van der Waals surface area contributed by atoms with E-state index in [2.05, 4.69) is 0 Å². The third-order valence-electron chi connectivity index (χ3n) is 2.80. The molecule has 94 valence electrons. The van der Waals surface area contributed by atoms with Gasteiger partial charge in [-0.15, -0.1) is 0 Å². The van der Waals surface area contributed by atoms with Crippen LogP contribution in [0.25, 0.3) is 0 Å². The topological polar surface area (TPSA) is 63.3 Å². The highest BCUT2D eigenvalue weighted by Crippen LogP contribution is 2.10. The molecule has 3 heteroatoms. The lowest BCUT2D eigenvalue weighted by Gasteiger charge is -2.09. The van der Waals surface area contributed by atoms with Crippen LogP contribution in [0.5, 0.6) is 0 Å². The molecule has 0 aliphatic rings. The second-order valence-electron chi connectivity index (χ2n) is 4.28. The van der Waals surface area contributed by atoms with E-state index in [0.29, 0.717) is 5.56 Å². The number of ketones is 1. The fraction of sp³-hybridized carbons (Fsp3) is 0.500. The summed E-state index contributed by atoms with van der Waals surface area (Å²) in [5, 5.41) is 8.73. The highest BCUT2D eigenvalue weighted by Gasteiger charge is 2.14. The van der Waals surface area contributed by atoms with E-state index >= 15 is 0 Å². The first-order valence-electron chi connectivity index (χ1n) is 6.18. The Kier molecular flexibility index (Phi) is 5.87. The van der Waals surface area contributed by atoms with E-state index in [-0.39, 0.29) is 18.4 Å². The minimum absolute atomic E-state index is 0.0144. The Labute approximate surface area is 103 Å². The molecule has 0 aromatic heterocycles. The molecule has 1 unspecified atom stereocenters. The number of rotatable bonds is 7. The summed E-state index contributed by atoms with van der Waals surface area (Å²) in [4.78, 5) is 11.9. The number of nitrogens with two attached hydrogens (primary N) is 1. The smallest absolute Gasteiger partial charge is 0.179 e. The number of carbonyl (C=O) groups excluding carboxylic acids is 1. The summed E-state index contributed by atoms with van der Waals surface area (Å²) in [6.07, 6.45) is 3.24. The fourth-order valence-corrected chi connectivity index (χ4v) is 1.78. The van der Waals surface area contributed by atoms with Crippen molar-refractivity contribution in [1.29, 1.82) is 0 Å². The number of aryl methyl sites for hydroxylation is 1. The predicted molar refractivity (Wildman–Crippen MR) is 69.1 cm³/mol. The lowest BCUT2D eigenvalue weighted by atomic mass is 9.99. The molecule has 1 rings (SSSR count).